The van der Waals surface area contributed by atoms with Gasteiger partial charge in [-0.2, -0.15) is 0 Å². The maximum absolute atomic E-state index is 14.3. The minimum atomic E-state index is -3.81. The highest BCUT2D eigenvalue weighted by Gasteiger charge is 2.51. The molecule has 4 bridgehead atoms. The van der Waals surface area contributed by atoms with Gasteiger partial charge in [-0.1, -0.05) is 66.7 Å². The molecule has 0 radical (unpaired) electrons. The number of amides is 2. The maximum Gasteiger partial charge on any atom is 0.244 e. The lowest BCUT2D eigenvalue weighted by molar-refractivity contribution is -0.139. The summed E-state index contributed by atoms with van der Waals surface area (Å²) in [6, 6.07) is 24.4. The van der Waals surface area contributed by atoms with Crippen molar-refractivity contribution in [2.24, 2.45) is 17.8 Å². The van der Waals surface area contributed by atoms with E-state index in [4.69, 9.17) is 0 Å². The van der Waals surface area contributed by atoms with E-state index in [1.54, 1.807) is 7.05 Å². The maximum atomic E-state index is 14.3. The Morgan fingerprint density at radius 2 is 1.44 bits per heavy atom. The average molecular weight is 628 g/mol. The van der Waals surface area contributed by atoms with Gasteiger partial charge in [-0.15, -0.1) is 0 Å². The molecule has 45 heavy (non-hydrogen) atoms. The van der Waals surface area contributed by atoms with Crippen molar-refractivity contribution in [3.63, 3.8) is 0 Å². The van der Waals surface area contributed by atoms with Gasteiger partial charge >= 0.3 is 0 Å². The van der Waals surface area contributed by atoms with Gasteiger partial charge in [0.25, 0.3) is 0 Å². The van der Waals surface area contributed by atoms with Crippen molar-refractivity contribution in [1.29, 1.82) is 0 Å². The Bertz CT molecular complexity index is 1600. The number of hydrogen-bond acceptors (Lipinski definition) is 4. The molecule has 7 rings (SSSR count). The number of nitrogens with one attached hydrogen (secondary N) is 1. The normalized spacial score (nSPS) is 24.2. The smallest absolute Gasteiger partial charge is 0.244 e. The lowest BCUT2D eigenvalue weighted by Gasteiger charge is -2.57. The van der Waals surface area contributed by atoms with Crippen molar-refractivity contribution in [2.75, 3.05) is 24.2 Å². The number of hydrogen-bond donors (Lipinski definition) is 1. The van der Waals surface area contributed by atoms with E-state index in [9.17, 15) is 18.0 Å². The fraction of sp³-hybridized carbons (Fsp3) is 0.459. The van der Waals surface area contributed by atoms with Crippen LogP contribution in [0.5, 0.6) is 0 Å². The predicted molar refractivity (Wildman–Crippen MR) is 178 cm³/mol. The molecule has 0 unspecified atom stereocenters. The van der Waals surface area contributed by atoms with Gasteiger partial charge in [0.15, 0.2) is 0 Å². The zero-order valence-electron chi connectivity index (χ0n) is 26.6. The minimum Gasteiger partial charge on any atom is -0.357 e. The first-order valence-electron chi connectivity index (χ1n) is 16.2. The Balaban J connectivity index is 1.30. The quantitative estimate of drug-likeness (QED) is 0.299. The fourth-order valence-corrected chi connectivity index (χ4v) is 9.60. The van der Waals surface area contributed by atoms with E-state index in [-0.39, 0.29) is 17.9 Å². The summed E-state index contributed by atoms with van der Waals surface area (Å²) in [5.74, 6) is 1.70. The molecule has 0 heterocycles. The summed E-state index contributed by atoms with van der Waals surface area (Å²) in [6.07, 6.45) is 9.20. The summed E-state index contributed by atoms with van der Waals surface area (Å²) in [5.41, 5.74) is 4.77. The lowest BCUT2D eigenvalue weighted by Crippen LogP contribution is -2.53. The first-order chi connectivity index (χ1) is 21.5. The summed E-state index contributed by atoms with van der Waals surface area (Å²) >= 11 is 0. The van der Waals surface area contributed by atoms with E-state index in [1.165, 1.54) is 53.3 Å². The number of anilines is 1. The van der Waals surface area contributed by atoms with Crippen LogP contribution in [0.1, 0.15) is 60.8 Å². The molecule has 1 N–H and O–H groups in total. The molecule has 4 aliphatic rings. The lowest BCUT2D eigenvalue weighted by atomic mass is 9.48. The minimum absolute atomic E-state index is 0.180. The molecule has 3 aromatic carbocycles. The van der Waals surface area contributed by atoms with E-state index in [0.717, 1.165) is 40.7 Å². The van der Waals surface area contributed by atoms with Gasteiger partial charge in [0.2, 0.25) is 21.8 Å². The van der Waals surface area contributed by atoms with Crippen molar-refractivity contribution < 1.29 is 18.0 Å². The van der Waals surface area contributed by atoms with Crippen LogP contribution in [0.3, 0.4) is 0 Å². The highest BCUT2D eigenvalue weighted by Crippen LogP contribution is 2.60. The third-order valence-electron chi connectivity index (χ3n) is 10.6. The van der Waals surface area contributed by atoms with E-state index < -0.39 is 28.5 Å². The third-order valence-corrected chi connectivity index (χ3v) is 11.7. The number of benzene rings is 3. The number of nitrogens with zero attached hydrogens (tertiary/aromatic N) is 2. The van der Waals surface area contributed by atoms with Gasteiger partial charge in [-0.05, 0) is 103 Å². The van der Waals surface area contributed by atoms with Gasteiger partial charge in [-0.3, -0.25) is 13.9 Å². The molecular weight excluding hydrogens is 582 g/mol. The number of sulfonamides is 1. The molecule has 1 atom stereocenters. The summed E-state index contributed by atoms with van der Waals surface area (Å²) in [5, 5.41) is 2.73. The van der Waals surface area contributed by atoms with Crippen molar-refractivity contribution in [2.45, 2.75) is 69.9 Å². The highest BCUT2D eigenvalue weighted by atomic mass is 32.2. The molecule has 3 aromatic rings. The number of likely N-dealkylation sites (N-methyl/N-ethyl adjacent to an activating group) is 1. The molecule has 4 fully saturated rings. The Labute approximate surface area is 268 Å². The topological polar surface area (TPSA) is 86.8 Å². The Kier molecular flexibility index (Phi) is 8.79. The fourth-order valence-electron chi connectivity index (χ4n) is 8.75. The second-order valence-corrected chi connectivity index (χ2v) is 15.7. The molecule has 4 saturated carbocycles. The number of rotatable bonds is 11. The summed E-state index contributed by atoms with van der Waals surface area (Å²) in [6.45, 7) is 1.75. The zero-order chi connectivity index (χ0) is 31.8. The summed E-state index contributed by atoms with van der Waals surface area (Å²) in [7, 11) is -2.25. The van der Waals surface area contributed by atoms with Gasteiger partial charge < -0.3 is 10.2 Å². The second kappa shape index (κ2) is 12.6. The van der Waals surface area contributed by atoms with Crippen molar-refractivity contribution in [3.8, 4) is 0 Å². The van der Waals surface area contributed by atoms with Crippen LogP contribution in [0.15, 0.2) is 78.9 Å². The number of aryl methyl sites for hydroxylation is 1. The van der Waals surface area contributed by atoms with Gasteiger partial charge in [0.05, 0.1) is 11.9 Å². The molecule has 238 valence electrons. The van der Waals surface area contributed by atoms with Gasteiger partial charge in [-0.25, -0.2) is 8.42 Å². The largest absolute Gasteiger partial charge is 0.357 e. The number of carbonyl (C=O) groups excluding carboxylic acids is 2. The monoisotopic (exact) mass is 627 g/mol. The molecule has 7 nitrogen and oxygen atoms in total. The van der Waals surface area contributed by atoms with Crippen LogP contribution in [-0.2, 0) is 38.0 Å². The Morgan fingerprint density at radius 3 is 2.00 bits per heavy atom. The molecule has 0 aliphatic heterocycles. The van der Waals surface area contributed by atoms with Crippen LogP contribution in [-0.4, -0.2) is 51.0 Å². The standard InChI is InChI=1S/C37H45N3O4S/c1-26-9-7-8-12-31(26)24-39(34(36(42)38-2)20-27-10-5-4-6-11-27)35(41)25-40(45(3,43)44)33-15-13-32(14-16-33)37-21-28-17-29(22-37)19-30(18-28)23-37/h4-16,28-30,34H,17-25H2,1-3H3,(H,38,42)/t28?,29?,30?,34-,37?/m1/s1. The van der Waals surface area contributed by atoms with Crippen LogP contribution in [0, 0.1) is 24.7 Å². The van der Waals surface area contributed by atoms with Crippen molar-refractivity contribution in [3.05, 3.63) is 101 Å². The second-order valence-electron chi connectivity index (χ2n) is 13.8. The van der Waals surface area contributed by atoms with Crippen LogP contribution >= 0.6 is 0 Å². The molecule has 2 amide bonds. The van der Waals surface area contributed by atoms with E-state index >= 15 is 0 Å². The van der Waals surface area contributed by atoms with E-state index in [2.05, 4.69) is 17.4 Å². The zero-order valence-corrected chi connectivity index (χ0v) is 27.4. The summed E-state index contributed by atoms with van der Waals surface area (Å²) < 4.78 is 27.7. The summed E-state index contributed by atoms with van der Waals surface area (Å²) in [4.78, 5) is 29.2. The molecule has 0 saturated heterocycles. The van der Waals surface area contributed by atoms with Gasteiger partial charge in [0.1, 0.15) is 12.6 Å². The Hall–Kier alpha value is -3.65. The van der Waals surface area contributed by atoms with Crippen LogP contribution < -0.4 is 9.62 Å². The first-order valence-corrected chi connectivity index (χ1v) is 18.1. The molecule has 0 spiro atoms. The Morgan fingerprint density at radius 1 is 0.867 bits per heavy atom. The van der Waals surface area contributed by atoms with Crippen molar-refractivity contribution in [1.82, 2.24) is 10.2 Å². The molecule has 0 aromatic heterocycles. The highest BCUT2D eigenvalue weighted by molar-refractivity contribution is 7.92. The molecule has 4 aliphatic carbocycles. The predicted octanol–water partition coefficient (Wildman–Crippen LogP) is 5.61. The van der Waals surface area contributed by atoms with E-state index in [1.807, 2.05) is 73.7 Å². The average Bonchev–Trinajstić information content (AvgIpc) is 3.01. The number of carbonyl (C=O) groups is 2. The van der Waals surface area contributed by atoms with Crippen LogP contribution in [0.4, 0.5) is 5.69 Å². The van der Waals surface area contributed by atoms with Gasteiger partial charge in [0, 0.05) is 20.0 Å². The molecule has 8 heteroatoms. The first kappa shape index (κ1) is 31.3. The SMILES string of the molecule is CNC(=O)[C@@H](Cc1ccccc1)N(Cc1ccccc1C)C(=O)CN(c1ccc(C23CC4CC(CC(C4)C2)C3)cc1)S(C)(=O)=O. The van der Waals surface area contributed by atoms with E-state index in [0.29, 0.717) is 12.1 Å². The van der Waals surface area contributed by atoms with Crippen molar-refractivity contribution >= 4 is 27.5 Å². The van der Waals surface area contributed by atoms with Crippen LogP contribution in [0.2, 0.25) is 0 Å². The molecular formula is C37H45N3O4S. The third kappa shape index (κ3) is 6.67. The van der Waals surface area contributed by atoms with Crippen LogP contribution in [0.25, 0.3) is 0 Å².